The summed E-state index contributed by atoms with van der Waals surface area (Å²) in [6.07, 6.45) is 2.89. The number of fused-ring (bicyclic) bond motifs is 1. The third kappa shape index (κ3) is 4.62. The number of ether oxygens (including phenoxy) is 1. The van der Waals surface area contributed by atoms with E-state index in [1.807, 2.05) is 18.2 Å². The Hall–Kier alpha value is -3.35. The van der Waals surface area contributed by atoms with E-state index >= 15 is 0 Å². The highest BCUT2D eigenvalue weighted by Crippen LogP contribution is 2.21. The second-order valence-corrected chi connectivity index (χ2v) is 7.60. The summed E-state index contributed by atoms with van der Waals surface area (Å²) < 4.78 is 11.4. The number of aromatic nitrogens is 1. The number of para-hydroxylation sites is 2. The van der Waals surface area contributed by atoms with Gasteiger partial charge in [0.1, 0.15) is 6.54 Å². The number of amides is 1. The minimum atomic E-state index is -0.643. The minimum absolute atomic E-state index is 0.203. The molecule has 1 amide bonds. The maximum atomic E-state index is 12.4. The van der Waals surface area contributed by atoms with Gasteiger partial charge in [-0.2, -0.15) is 0 Å². The molecule has 1 saturated heterocycles. The topological polar surface area (TPSA) is 81.7 Å². The van der Waals surface area contributed by atoms with Gasteiger partial charge < -0.3 is 14.1 Å². The highest BCUT2D eigenvalue weighted by Gasteiger charge is 2.24. The molecule has 0 saturated carbocycles. The number of carbonyl (C=O) groups is 2. The van der Waals surface area contributed by atoms with Crippen molar-refractivity contribution in [1.82, 2.24) is 9.47 Å². The van der Waals surface area contributed by atoms with Crippen LogP contribution in [0.15, 0.2) is 63.8 Å². The first kappa shape index (κ1) is 19.9. The van der Waals surface area contributed by atoms with Crippen LogP contribution in [-0.2, 0) is 27.3 Å². The van der Waals surface area contributed by atoms with E-state index in [1.165, 1.54) is 10.1 Å². The fourth-order valence-corrected chi connectivity index (χ4v) is 3.91. The Morgan fingerprint density at radius 1 is 1.00 bits per heavy atom. The smallest absolute Gasteiger partial charge is 0.420 e. The number of carbonyl (C=O) groups excluding carboxylic acids is 2. The van der Waals surface area contributed by atoms with Crippen molar-refractivity contribution in [3.05, 3.63) is 70.7 Å². The average molecular weight is 408 g/mol. The molecule has 7 nitrogen and oxygen atoms in total. The average Bonchev–Trinajstić information content (AvgIpc) is 3.08. The highest BCUT2D eigenvalue weighted by atomic mass is 16.5. The predicted molar refractivity (Wildman–Crippen MR) is 111 cm³/mol. The van der Waals surface area contributed by atoms with Crippen LogP contribution in [0.5, 0.6) is 0 Å². The van der Waals surface area contributed by atoms with Crippen molar-refractivity contribution in [2.45, 2.75) is 25.8 Å². The quantitative estimate of drug-likeness (QED) is 0.586. The molecule has 30 heavy (non-hydrogen) atoms. The van der Waals surface area contributed by atoms with Crippen molar-refractivity contribution in [2.75, 3.05) is 19.7 Å². The Balaban J connectivity index is 1.24. The van der Waals surface area contributed by atoms with Gasteiger partial charge in [-0.3, -0.25) is 14.2 Å². The molecule has 0 N–H and O–H groups in total. The first-order valence-corrected chi connectivity index (χ1v) is 10.2. The second kappa shape index (κ2) is 8.98. The number of rotatable bonds is 6. The lowest BCUT2D eigenvalue weighted by atomic mass is 9.90. The fraction of sp³-hybridized carbons (Fsp3) is 0.348. The van der Waals surface area contributed by atoms with Gasteiger partial charge in [0.05, 0.1) is 5.52 Å². The van der Waals surface area contributed by atoms with Gasteiger partial charge >= 0.3 is 11.7 Å². The van der Waals surface area contributed by atoms with E-state index in [0.29, 0.717) is 30.1 Å². The van der Waals surface area contributed by atoms with Crippen LogP contribution in [-0.4, -0.2) is 41.0 Å². The molecule has 156 valence electrons. The van der Waals surface area contributed by atoms with Crippen molar-refractivity contribution in [1.29, 1.82) is 0 Å². The number of esters is 1. The summed E-state index contributed by atoms with van der Waals surface area (Å²) in [6, 6.07) is 17.2. The molecule has 0 atom stereocenters. The lowest BCUT2D eigenvalue weighted by Gasteiger charge is -2.32. The first-order chi connectivity index (χ1) is 14.6. The molecule has 0 unspecified atom stereocenters. The van der Waals surface area contributed by atoms with Crippen LogP contribution in [0.25, 0.3) is 11.1 Å². The van der Waals surface area contributed by atoms with Crippen LogP contribution >= 0.6 is 0 Å². The zero-order chi connectivity index (χ0) is 20.9. The number of nitrogens with zero attached hydrogens (tertiary/aromatic N) is 2. The standard InChI is InChI=1S/C23H24N2O5/c26-21(24-12-10-18(11-13-24)14-17-6-2-1-3-7-17)16-29-22(27)15-25-19-8-4-5-9-20(19)30-23(25)28/h1-9,18H,10-16H2. The first-order valence-electron chi connectivity index (χ1n) is 10.2. The minimum Gasteiger partial charge on any atom is -0.454 e. The van der Waals surface area contributed by atoms with Crippen molar-refractivity contribution >= 4 is 23.0 Å². The van der Waals surface area contributed by atoms with E-state index in [4.69, 9.17) is 9.15 Å². The van der Waals surface area contributed by atoms with Gasteiger partial charge in [0.25, 0.3) is 5.91 Å². The lowest BCUT2D eigenvalue weighted by Crippen LogP contribution is -2.41. The molecule has 4 rings (SSSR count). The predicted octanol–water partition coefficient (Wildman–Crippen LogP) is 2.62. The molecule has 0 aliphatic carbocycles. The molecule has 1 aromatic heterocycles. The number of piperidine rings is 1. The number of likely N-dealkylation sites (tertiary alicyclic amines) is 1. The summed E-state index contributed by atoms with van der Waals surface area (Å²) in [5.74, 6) is -0.915. The fourth-order valence-electron chi connectivity index (χ4n) is 3.91. The number of hydrogen-bond acceptors (Lipinski definition) is 5. The summed E-state index contributed by atoms with van der Waals surface area (Å²) in [4.78, 5) is 38.2. The van der Waals surface area contributed by atoms with E-state index in [2.05, 4.69) is 12.1 Å². The molecule has 1 aliphatic heterocycles. The van der Waals surface area contributed by atoms with Gasteiger partial charge in [0, 0.05) is 13.1 Å². The Bertz CT molecular complexity index is 1080. The third-order valence-corrected chi connectivity index (χ3v) is 5.55. The Labute approximate surface area is 173 Å². The summed E-state index contributed by atoms with van der Waals surface area (Å²) >= 11 is 0. The van der Waals surface area contributed by atoms with Crippen LogP contribution in [0.4, 0.5) is 0 Å². The summed E-state index contributed by atoms with van der Waals surface area (Å²) in [5.41, 5.74) is 2.24. The molecule has 3 aromatic rings. The second-order valence-electron chi connectivity index (χ2n) is 7.60. The molecule has 1 aliphatic rings. The molecule has 0 bridgehead atoms. The van der Waals surface area contributed by atoms with Crippen molar-refractivity contribution in [3.8, 4) is 0 Å². The Kier molecular flexibility index (Phi) is 5.97. The zero-order valence-corrected chi connectivity index (χ0v) is 16.7. The number of oxazole rings is 1. The third-order valence-electron chi connectivity index (χ3n) is 5.55. The highest BCUT2D eigenvalue weighted by molar-refractivity contribution is 5.81. The molecule has 2 heterocycles. The summed E-state index contributed by atoms with van der Waals surface area (Å²) in [7, 11) is 0. The summed E-state index contributed by atoms with van der Waals surface area (Å²) in [5, 5.41) is 0. The van der Waals surface area contributed by atoms with Crippen molar-refractivity contribution in [3.63, 3.8) is 0 Å². The largest absolute Gasteiger partial charge is 0.454 e. The van der Waals surface area contributed by atoms with Gasteiger partial charge in [-0.15, -0.1) is 0 Å². The molecule has 7 heteroatoms. The van der Waals surface area contributed by atoms with E-state index in [1.54, 1.807) is 29.2 Å². The molecule has 2 aromatic carbocycles. The van der Waals surface area contributed by atoms with Crippen LogP contribution in [0.2, 0.25) is 0 Å². The number of hydrogen-bond donors (Lipinski definition) is 0. The van der Waals surface area contributed by atoms with Gasteiger partial charge in [-0.1, -0.05) is 42.5 Å². The van der Waals surface area contributed by atoms with Gasteiger partial charge in [-0.05, 0) is 42.9 Å². The Morgan fingerprint density at radius 3 is 2.47 bits per heavy atom. The van der Waals surface area contributed by atoms with E-state index in [-0.39, 0.29) is 19.1 Å². The SMILES string of the molecule is O=C(Cn1c(=O)oc2ccccc21)OCC(=O)N1CCC(Cc2ccccc2)CC1. The van der Waals surface area contributed by atoms with Crippen LogP contribution in [0.1, 0.15) is 18.4 Å². The van der Waals surface area contributed by atoms with E-state index in [0.717, 1.165) is 19.3 Å². The molecule has 1 fully saturated rings. The summed E-state index contributed by atoms with van der Waals surface area (Å²) in [6.45, 7) is 0.731. The van der Waals surface area contributed by atoms with Gasteiger partial charge in [0.2, 0.25) is 0 Å². The van der Waals surface area contributed by atoms with Gasteiger partial charge in [0.15, 0.2) is 12.2 Å². The number of benzene rings is 2. The monoisotopic (exact) mass is 408 g/mol. The van der Waals surface area contributed by atoms with Crippen molar-refractivity contribution < 1.29 is 18.7 Å². The maximum Gasteiger partial charge on any atom is 0.420 e. The molecular formula is C23H24N2O5. The zero-order valence-electron chi connectivity index (χ0n) is 16.7. The van der Waals surface area contributed by atoms with E-state index in [9.17, 15) is 14.4 Å². The van der Waals surface area contributed by atoms with Gasteiger partial charge in [-0.25, -0.2) is 4.79 Å². The molecular weight excluding hydrogens is 384 g/mol. The maximum absolute atomic E-state index is 12.4. The lowest BCUT2D eigenvalue weighted by molar-refractivity contribution is -0.153. The molecule has 0 spiro atoms. The van der Waals surface area contributed by atoms with Crippen LogP contribution in [0, 0.1) is 5.92 Å². The van der Waals surface area contributed by atoms with Crippen LogP contribution < -0.4 is 5.76 Å². The van der Waals surface area contributed by atoms with E-state index < -0.39 is 11.7 Å². The Morgan fingerprint density at radius 2 is 1.70 bits per heavy atom. The van der Waals surface area contributed by atoms with Crippen LogP contribution in [0.3, 0.4) is 0 Å². The normalized spacial score (nSPS) is 14.7. The van der Waals surface area contributed by atoms with Crippen molar-refractivity contribution in [2.24, 2.45) is 5.92 Å². The molecule has 0 radical (unpaired) electrons.